The predicted molar refractivity (Wildman–Crippen MR) is 81.2 cm³/mol. The summed E-state index contributed by atoms with van der Waals surface area (Å²) < 4.78 is 5.95. The highest BCUT2D eigenvalue weighted by molar-refractivity contribution is 5.20. The van der Waals surface area contributed by atoms with Crippen molar-refractivity contribution < 1.29 is 4.42 Å². The molecule has 1 aromatic heterocycles. The van der Waals surface area contributed by atoms with Crippen molar-refractivity contribution in [1.29, 1.82) is 0 Å². The molecule has 0 fully saturated rings. The lowest BCUT2D eigenvalue weighted by Crippen LogP contribution is -2.30. The number of nitrogens with one attached hydrogen (secondary N) is 1. The van der Waals surface area contributed by atoms with E-state index in [1.807, 2.05) is 6.08 Å². The van der Waals surface area contributed by atoms with Crippen LogP contribution < -0.4 is 5.32 Å². The third-order valence-corrected chi connectivity index (χ3v) is 3.20. The molecule has 0 saturated heterocycles. The molecule has 3 nitrogen and oxygen atoms in total. The number of nitrogens with zero attached hydrogens (tertiary/aromatic N) is 1. The highest BCUT2D eigenvalue weighted by Crippen LogP contribution is 2.17. The van der Waals surface area contributed by atoms with Gasteiger partial charge in [-0.15, -0.1) is 6.58 Å². The maximum Gasteiger partial charge on any atom is 0.120 e. The molecule has 0 bridgehead atoms. The second-order valence-corrected chi connectivity index (χ2v) is 5.67. The van der Waals surface area contributed by atoms with Crippen LogP contribution in [-0.4, -0.2) is 23.5 Å². The van der Waals surface area contributed by atoms with Crippen LogP contribution in [0.15, 0.2) is 23.1 Å². The van der Waals surface area contributed by atoms with Gasteiger partial charge in [0.05, 0.1) is 13.1 Å². The van der Waals surface area contributed by atoms with E-state index in [0.29, 0.717) is 12.1 Å². The smallest absolute Gasteiger partial charge is 0.120 e. The number of furan rings is 1. The molecular formula is C16H28N2O. The topological polar surface area (TPSA) is 28.4 Å². The molecule has 108 valence electrons. The van der Waals surface area contributed by atoms with Gasteiger partial charge in [0.15, 0.2) is 0 Å². The van der Waals surface area contributed by atoms with Crippen LogP contribution in [0.25, 0.3) is 0 Å². The molecule has 0 saturated carbocycles. The molecule has 0 aliphatic rings. The van der Waals surface area contributed by atoms with Crippen LogP contribution in [0, 0.1) is 6.92 Å². The van der Waals surface area contributed by atoms with E-state index in [0.717, 1.165) is 31.2 Å². The van der Waals surface area contributed by atoms with Crippen molar-refractivity contribution in [2.75, 3.05) is 6.54 Å². The second kappa shape index (κ2) is 7.51. The molecule has 0 aliphatic heterocycles. The molecule has 0 spiro atoms. The largest absolute Gasteiger partial charge is 0.463 e. The van der Waals surface area contributed by atoms with Crippen molar-refractivity contribution in [3.8, 4) is 0 Å². The van der Waals surface area contributed by atoms with Gasteiger partial charge in [-0.2, -0.15) is 0 Å². The van der Waals surface area contributed by atoms with Crippen LogP contribution in [0.4, 0.5) is 0 Å². The van der Waals surface area contributed by atoms with E-state index in [1.165, 1.54) is 5.56 Å². The first kappa shape index (κ1) is 16.0. The zero-order chi connectivity index (χ0) is 14.4. The van der Waals surface area contributed by atoms with Crippen LogP contribution in [0.2, 0.25) is 0 Å². The van der Waals surface area contributed by atoms with Gasteiger partial charge in [-0.3, -0.25) is 4.90 Å². The minimum absolute atomic E-state index is 0.473. The number of aryl methyl sites for hydroxylation is 1. The van der Waals surface area contributed by atoms with Gasteiger partial charge < -0.3 is 9.73 Å². The first-order chi connectivity index (χ1) is 8.93. The average molecular weight is 264 g/mol. The molecule has 1 rings (SSSR count). The minimum Gasteiger partial charge on any atom is -0.463 e. The quantitative estimate of drug-likeness (QED) is 0.729. The summed E-state index contributed by atoms with van der Waals surface area (Å²) in [5.74, 6) is 2.08. The number of hydrogen-bond donors (Lipinski definition) is 1. The molecule has 0 atom stereocenters. The van der Waals surface area contributed by atoms with Gasteiger partial charge in [0.1, 0.15) is 11.5 Å². The monoisotopic (exact) mass is 264 g/mol. The van der Waals surface area contributed by atoms with Crippen molar-refractivity contribution in [2.45, 2.75) is 59.8 Å². The van der Waals surface area contributed by atoms with E-state index in [2.05, 4.69) is 57.5 Å². The van der Waals surface area contributed by atoms with Gasteiger partial charge in [-0.05, 0) is 32.4 Å². The van der Waals surface area contributed by atoms with Crippen LogP contribution >= 0.6 is 0 Å². The Morgan fingerprint density at radius 3 is 2.58 bits per heavy atom. The van der Waals surface area contributed by atoms with Crippen molar-refractivity contribution in [1.82, 2.24) is 10.2 Å². The molecule has 1 N–H and O–H groups in total. The molecule has 0 aromatic carbocycles. The summed E-state index contributed by atoms with van der Waals surface area (Å²) >= 11 is 0. The summed E-state index contributed by atoms with van der Waals surface area (Å²) in [4.78, 5) is 2.34. The highest BCUT2D eigenvalue weighted by atomic mass is 16.3. The van der Waals surface area contributed by atoms with Gasteiger partial charge in [0, 0.05) is 18.6 Å². The SMILES string of the molecule is C=CCN(Cc1cc(C)c(CNC(C)C)o1)C(C)C. The zero-order valence-electron chi connectivity index (χ0n) is 13.0. The molecule has 1 aromatic rings. The third kappa shape index (κ3) is 5.21. The van der Waals surface area contributed by atoms with Gasteiger partial charge in [-0.1, -0.05) is 19.9 Å². The van der Waals surface area contributed by atoms with Gasteiger partial charge in [0.2, 0.25) is 0 Å². The van der Waals surface area contributed by atoms with Crippen molar-refractivity contribution >= 4 is 0 Å². The summed E-state index contributed by atoms with van der Waals surface area (Å²) in [7, 11) is 0. The predicted octanol–water partition coefficient (Wildman–Crippen LogP) is 3.48. The zero-order valence-corrected chi connectivity index (χ0v) is 13.0. The Kier molecular flexibility index (Phi) is 6.32. The minimum atomic E-state index is 0.473. The Hall–Kier alpha value is -1.06. The molecule has 0 radical (unpaired) electrons. The standard InChI is InChI=1S/C16H28N2O/c1-7-8-18(13(4)5)11-15-9-14(6)16(19-15)10-17-12(2)3/h7,9,12-13,17H,1,8,10-11H2,2-6H3. The van der Waals surface area contributed by atoms with Crippen molar-refractivity contribution in [2.24, 2.45) is 0 Å². The molecule has 0 amide bonds. The first-order valence-corrected chi connectivity index (χ1v) is 7.10. The fraction of sp³-hybridized carbons (Fsp3) is 0.625. The Morgan fingerprint density at radius 2 is 2.05 bits per heavy atom. The van der Waals surface area contributed by atoms with Crippen molar-refractivity contribution in [3.05, 3.63) is 35.8 Å². The van der Waals surface area contributed by atoms with E-state index in [9.17, 15) is 0 Å². The van der Waals surface area contributed by atoms with E-state index < -0.39 is 0 Å². The van der Waals surface area contributed by atoms with Crippen LogP contribution in [-0.2, 0) is 13.1 Å². The van der Waals surface area contributed by atoms with Gasteiger partial charge in [0.25, 0.3) is 0 Å². The molecule has 19 heavy (non-hydrogen) atoms. The molecular weight excluding hydrogens is 236 g/mol. The maximum atomic E-state index is 5.95. The fourth-order valence-electron chi connectivity index (χ4n) is 1.96. The summed E-state index contributed by atoms with van der Waals surface area (Å²) in [5, 5.41) is 3.39. The molecule has 0 aliphatic carbocycles. The fourth-order valence-corrected chi connectivity index (χ4v) is 1.96. The summed E-state index contributed by atoms with van der Waals surface area (Å²) in [5.41, 5.74) is 1.23. The van der Waals surface area contributed by atoms with Crippen LogP contribution in [0.3, 0.4) is 0 Å². The lowest BCUT2D eigenvalue weighted by molar-refractivity contribution is 0.216. The maximum absolute atomic E-state index is 5.95. The normalized spacial score (nSPS) is 11.8. The summed E-state index contributed by atoms with van der Waals surface area (Å²) in [6.07, 6.45) is 1.94. The average Bonchev–Trinajstić information content (AvgIpc) is 2.66. The van der Waals surface area contributed by atoms with Gasteiger partial charge >= 0.3 is 0 Å². The molecule has 3 heteroatoms. The Balaban J connectivity index is 2.68. The first-order valence-electron chi connectivity index (χ1n) is 7.10. The second-order valence-electron chi connectivity index (χ2n) is 5.67. The van der Waals surface area contributed by atoms with E-state index in [4.69, 9.17) is 4.42 Å². The number of rotatable bonds is 8. The van der Waals surface area contributed by atoms with Gasteiger partial charge in [-0.25, -0.2) is 0 Å². The lowest BCUT2D eigenvalue weighted by atomic mass is 10.2. The lowest BCUT2D eigenvalue weighted by Gasteiger charge is -2.23. The molecule has 1 heterocycles. The highest BCUT2D eigenvalue weighted by Gasteiger charge is 2.13. The number of hydrogen-bond acceptors (Lipinski definition) is 3. The summed E-state index contributed by atoms with van der Waals surface area (Å²) in [6, 6.07) is 3.11. The van der Waals surface area contributed by atoms with E-state index in [-0.39, 0.29) is 0 Å². The summed E-state index contributed by atoms with van der Waals surface area (Å²) in [6.45, 7) is 17.1. The molecule has 0 unspecified atom stereocenters. The Morgan fingerprint density at radius 1 is 1.37 bits per heavy atom. The third-order valence-electron chi connectivity index (χ3n) is 3.20. The van der Waals surface area contributed by atoms with Crippen LogP contribution in [0.5, 0.6) is 0 Å². The van der Waals surface area contributed by atoms with Crippen molar-refractivity contribution in [3.63, 3.8) is 0 Å². The Bertz CT molecular complexity index is 393. The van der Waals surface area contributed by atoms with E-state index in [1.54, 1.807) is 0 Å². The Labute approximate surface area is 117 Å². The van der Waals surface area contributed by atoms with E-state index >= 15 is 0 Å². The van der Waals surface area contributed by atoms with Crippen LogP contribution in [0.1, 0.15) is 44.8 Å².